The lowest BCUT2D eigenvalue weighted by molar-refractivity contribution is -0.637. The van der Waals surface area contributed by atoms with Gasteiger partial charge in [0.2, 0.25) is 0 Å². The summed E-state index contributed by atoms with van der Waals surface area (Å²) in [6.07, 6.45) is 0. The largest absolute Gasteiger partial charge is 0.449 e. The molecule has 3 N–H and O–H groups in total. The SMILES string of the molecule is [NH3+]O[S+]([O])(=O)CC(S)CS. The molecular formula is C3H10NO3S3+2. The van der Waals surface area contributed by atoms with E-state index in [1.165, 1.54) is 0 Å². The molecule has 0 aromatic rings. The molecule has 0 heterocycles. The lowest BCUT2D eigenvalue weighted by atomic mass is 10.6. The first-order valence-electron chi connectivity index (χ1n) is 2.47. The maximum absolute atomic E-state index is 10.6. The second kappa shape index (κ2) is 4.58. The minimum absolute atomic E-state index is 0.150. The molecule has 0 aromatic carbocycles. The molecule has 0 rings (SSSR count). The van der Waals surface area contributed by atoms with Crippen LogP contribution in [-0.2, 0) is 23.5 Å². The molecule has 0 saturated heterocycles. The molecule has 1 radical (unpaired) electrons. The molecule has 4 nitrogen and oxygen atoms in total. The zero-order valence-corrected chi connectivity index (χ0v) is 7.83. The quantitative estimate of drug-likeness (QED) is 0.317. The van der Waals surface area contributed by atoms with Crippen LogP contribution in [-0.4, -0.2) is 16.8 Å². The van der Waals surface area contributed by atoms with Gasteiger partial charge in [-0.3, -0.25) is 0 Å². The zero-order chi connectivity index (χ0) is 8.20. The van der Waals surface area contributed by atoms with E-state index < -0.39 is 10.5 Å². The van der Waals surface area contributed by atoms with E-state index in [9.17, 15) is 8.76 Å². The third kappa shape index (κ3) is 4.53. The fourth-order valence-corrected chi connectivity index (χ4v) is 1.87. The molecule has 0 bridgehead atoms. The molecule has 2 unspecified atom stereocenters. The van der Waals surface area contributed by atoms with Crippen LogP contribution in [0.1, 0.15) is 0 Å². The summed E-state index contributed by atoms with van der Waals surface area (Å²) >= 11 is 7.76. The van der Waals surface area contributed by atoms with Gasteiger partial charge in [0.15, 0.2) is 5.75 Å². The lowest BCUT2D eigenvalue weighted by Gasteiger charge is -1.99. The minimum Gasteiger partial charge on any atom is -0.178 e. The van der Waals surface area contributed by atoms with Gasteiger partial charge in [0, 0.05) is 10.0 Å². The van der Waals surface area contributed by atoms with Crippen molar-refractivity contribution >= 4 is 35.8 Å². The molecule has 0 amide bonds. The average Bonchev–Trinajstić information content (AvgIpc) is 1.87. The van der Waals surface area contributed by atoms with E-state index in [0.29, 0.717) is 5.75 Å². The van der Waals surface area contributed by atoms with E-state index in [4.69, 9.17) is 0 Å². The highest BCUT2D eigenvalue weighted by molar-refractivity contribution is 7.94. The molecule has 61 valence electrons. The smallest absolute Gasteiger partial charge is 0.178 e. The normalized spacial score (nSPS) is 20.0. The summed E-state index contributed by atoms with van der Waals surface area (Å²) < 4.78 is 25.2. The van der Waals surface area contributed by atoms with Gasteiger partial charge < -0.3 is 0 Å². The van der Waals surface area contributed by atoms with Crippen LogP contribution in [0, 0.1) is 0 Å². The van der Waals surface area contributed by atoms with Crippen LogP contribution in [0.25, 0.3) is 0 Å². The van der Waals surface area contributed by atoms with Gasteiger partial charge in [0.1, 0.15) is 0 Å². The first kappa shape index (κ1) is 10.7. The van der Waals surface area contributed by atoms with E-state index in [-0.39, 0.29) is 11.0 Å². The molecule has 10 heavy (non-hydrogen) atoms. The molecule has 0 aliphatic carbocycles. The Kier molecular flexibility index (Phi) is 4.91. The Morgan fingerprint density at radius 3 is 2.50 bits per heavy atom. The topological polar surface area (TPSA) is 73.8 Å². The number of thiol groups is 2. The summed E-state index contributed by atoms with van der Waals surface area (Å²) in [5, 5.41) is -0.296. The van der Waals surface area contributed by atoms with Crippen molar-refractivity contribution in [1.82, 2.24) is 0 Å². The first-order chi connectivity index (χ1) is 4.52. The van der Waals surface area contributed by atoms with E-state index in [1.54, 1.807) is 0 Å². The fraction of sp³-hybridized carbons (Fsp3) is 1.00. The second-order valence-corrected chi connectivity index (χ2v) is 4.46. The van der Waals surface area contributed by atoms with Crippen LogP contribution in [0.3, 0.4) is 0 Å². The average molecular weight is 204 g/mol. The molecule has 0 saturated carbocycles. The molecule has 0 aliphatic rings. The van der Waals surface area contributed by atoms with Crippen molar-refractivity contribution in [2.75, 3.05) is 11.5 Å². The Morgan fingerprint density at radius 1 is 1.70 bits per heavy atom. The summed E-state index contributed by atoms with van der Waals surface area (Å²) in [4.78, 5) is 0. The molecular weight excluding hydrogens is 194 g/mol. The van der Waals surface area contributed by atoms with E-state index in [0.717, 1.165) is 0 Å². The molecule has 0 aliphatic heterocycles. The molecule has 0 spiro atoms. The molecule has 0 fully saturated rings. The van der Waals surface area contributed by atoms with E-state index >= 15 is 0 Å². The molecule has 7 heteroatoms. The second-order valence-electron chi connectivity index (χ2n) is 1.68. The Balaban J connectivity index is 3.77. The maximum atomic E-state index is 10.6. The van der Waals surface area contributed by atoms with Crippen LogP contribution in [0.4, 0.5) is 0 Å². The van der Waals surface area contributed by atoms with Crippen LogP contribution >= 0.6 is 25.3 Å². The van der Waals surface area contributed by atoms with Gasteiger partial charge in [-0.25, -0.2) is 0 Å². The standard InChI is InChI=1S/C3H9NO3S3/c4-7-10(5,6)2-3(9)1-8/h3H,1-2H2,4H3,(H-,8,9)/q+1/p+1. The van der Waals surface area contributed by atoms with Crippen molar-refractivity contribution in [1.29, 1.82) is 0 Å². The molecule has 2 atom stereocenters. The molecule has 0 aromatic heterocycles. The van der Waals surface area contributed by atoms with Crippen LogP contribution < -0.4 is 5.90 Å². The Hall–Kier alpha value is 0.730. The zero-order valence-electron chi connectivity index (χ0n) is 5.23. The minimum atomic E-state index is -3.47. The number of hydrogen-bond acceptors (Lipinski definition) is 4. The van der Waals surface area contributed by atoms with Crippen molar-refractivity contribution in [3.05, 3.63) is 0 Å². The predicted molar refractivity (Wildman–Crippen MR) is 44.2 cm³/mol. The highest BCUT2D eigenvalue weighted by atomic mass is 32.3. The van der Waals surface area contributed by atoms with Crippen molar-refractivity contribution in [2.45, 2.75) is 5.25 Å². The van der Waals surface area contributed by atoms with Crippen LogP contribution in [0.2, 0.25) is 0 Å². The van der Waals surface area contributed by atoms with Crippen LogP contribution in [0.5, 0.6) is 0 Å². The van der Waals surface area contributed by atoms with Gasteiger partial charge in [-0.2, -0.15) is 31.2 Å². The highest BCUT2D eigenvalue weighted by Gasteiger charge is 2.34. The Labute approximate surface area is 71.7 Å². The van der Waals surface area contributed by atoms with Gasteiger partial charge in [-0.15, -0.1) is 0 Å². The van der Waals surface area contributed by atoms with Gasteiger partial charge in [0.05, 0.1) is 9.80 Å². The number of rotatable bonds is 4. The Bertz CT molecular complexity index is 141. The number of hydrogen-bond donors (Lipinski definition) is 3. The van der Waals surface area contributed by atoms with Crippen molar-refractivity contribution < 1.29 is 18.9 Å². The monoisotopic (exact) mass is 204 g/mol. The third-order valence-electron chi connectivity index (χ3n) is 0.787. The highest BCUT2D eigenvalue weighted by Crippen LogP contribution is 2.07. The number of quaternary nitrogens is 1. The first-order valence-corrected chi connectivity index (χ1v) is 5.19. The van der Waals surface area contributed by atoms with E-state index in [2.05, 4.69) is 35.4 Å². The summed E-state index contributed by atoms with van der Waals surface area (Å²) in [6.45, 7) is 0. The lowest BCUT2D eigenvalue weighted by Crippen LogP contribution is -2.54. The van der Waals surface area contributed by atoms with E-state index in [1.807, 2.05) is 0 Å². The fourth-order valence-electron chi connectivity index (χ4n) is 0.336. The Morgan fingerprint density at radius 2 is 2.20 bits per heavy atom. The summed E-state index contributed by atoms with van der Waals surface area (Å²) in [7, 11) is -3.47. The van der Waals surface area contributed by atoms with Gasteiger partial charge in [-0.1, -0.05) is 0 Å². The van der Waals surface area contributed by atoms with Gasteiger partial charge in [0.25, 0.3) is 0 Å². The van der Waals surface area contributed by atoms with Crippen molar-refractivity contribution in [3.63, 3.8) is 0 Å². The third-order valence-corrected chi connectivity index (χ3v) is 3.30. The maximum Gasteiger partial charge on any atom is 0.449 e. The van der Waals surface area contributed by atoms with Crippen LogP contribution in [0.15, 0.2) is 0 Å². The predicted octanol–water partition coefficient (Wildman–Crippen LogP) is -0.852. The van der Waals surface area contributed by atoms with Gasteiger partial charge >= 0.3 is 10.5 Å². The van der Waals surface area contributed by atoms with Crippen molar-refractivity contribution in [3.8, 4) is 0 Å². The summed E-state index contributed by atoms with van der Waals surface area (Å²) in [6, 6.07) is 0. The van der Waals surface area contributed by atoms with Crippen molar-refractivity contribution in [2.24, 2.45) is 0 Å². The summed E-state index contributed by atoms with van der Waals surface area (Å²) in [5.41, 5.74) is 0. The van der Waals surface area contributed by atoms with Gasteiger partial charge in [-0.05, 0) is 4.21 Å². The summed E-state index contributed by atoms with van der Waals surface area (Å²) in [5.74, 6) is 3.04.